The van der Waals surface area contributed by atoms with Gasteiger partial charge >= 0.3 is 0 Å². The van der Waals surface area contributed by atoms with Crippen molar-refractivity contribution in [3.05, 3.63) is 28.1 Å². The lowest BCUT2D eigenvalue weighted by molar-refractivity contribution is 0.178. The van der Waals surface area contributed by atoms with E-state index in [1.165, 1.54) is 5.56 Å². The third-order valence-corrected chi connectivity index (χ3v) is 2.96. The van der Waals surface area contributed by atoms with Crippen molar-refractivity contribution in [2.75, 3.05) is 7.11 Å². The van der Waals surface area contributed by atoms with E-state index in [4.69, 9.17) is 4.74 Å². The van der Waals surface area contributed by atoms with Crippen LogP contribution in [0.5, 0.6) is 0 Å². The number of hydrogen-bond donors (Lipinski definition) is 0. The summed E-state index contributed by atoms with van der Waals surface area (Å²) in [6.07, 6.45) is 0. The molecule has 0 aliphatic rings. The zero-order chi connectivity index (χ0) is 11.7. The first kappa shape index (κ1) is 11.5. The van der Waals surface area contributed by atoms with E-state index in [9.17, 15) is 0 Å². The average Bonchev–Trinajstić information content (AvgIpc) is 2.61. The maximum absolute atomic E-state index is 5.02. The summed E-state index contributed by atoms with van der Waals surface area (Å²) >= 11 is 3.50. The topological polar surface area (TPSA) is 39.4 Å². The van der Waals surface area contributed by atoms with E-state index < -0.39 is 0 Å². The molecule has 5 heteroatoms. The van der Waals surface area contributed by atoms with E-state index in [0.717, 1.165) is 10.3 Å². The molecule has 0 atom stereocenters. The molecular weight excluding hydrogens is 270 g/mol. The molecule has 2 aromatic heterocycles. The highest BCUT2D eigenvalue weighted by molar-refractivity contribution is 9.10. The Kier molecular flexibility index (Phi) is 3.25. The standard InChI is InChI=1S/C11H14BrN3O/c1-7(2)8-4-9(12)15-11(5-8)13-10(14-15)6-16-3/h4-5,7H,6H2,1-3H3. The average molecular weight is 284 g/mol. The second-order valence-electron chi connectivity index (χ2n) is 4.00. The molecule has 0 amide bonds. The number of halogens is 1. The highest BCUT2D eigenvalue weighted by Crippen LogP contribution is 2.21. The second-order valence-corrected chi connectivity index (χ2v) is 4.81. The monoisotopic (exact) mass is 283 g/mol. The Labute approximate surface area is 103 Å². The number of rotatable bonds is 3. The Morgan fingerprint density at radius 2 is 2.19 bits per heavy atom. The first-order chi connectivity index (χ1) is 7.61. The maximum Gasteiger partial charge on any atom is 0.177 e. The van der Waals surface area contributed by atoms with Crippen molar-refractivity contribution in [3.63, 3.8) is 0 Å². The van der Waals surface area contributed by atoms with E-state index >= 15 is 0 Å². The van der Waals surface area contributed by atoms with Crippen LogP contribution in [0.2, 0.25) is 0 Å². The number of hydrogen-bond acceptors (Lipinski definition) is 3. The van der Waals surface area contributed by atoms with Gasteiger partial charge in [0.1, 0.15) is 11.2 Å². The summed E-state index contributed by atoms with van der Waals surface area (Å²) in [7, 11) is 1.64. The van der Waals surface area contributed by atoms with Gasteiger partial charge in [0.25, 0.3) is 0 Å². The number of nitrogens with zero attached hydrogens (tertiary/aromatic N) is 3. The zero-order valence-electron chi connectivity index (χ0n) is 9.57. The summed E-state index contributed by atoms with van der Waals surface area (Å²) in [5, 5.41) is 4.34. The van der Waals surface area contributed by atoms with Crippen LogP contribution < -0.4 is 0 Å². The lowest BCUT2D eigenvalue weighted by atomic mass is 10.1. The van der Waals surface area contributed by atoms with Gasteiger partial charge in [0, 0.05) is 7.11 Å². The van der Waals surface area contributed by atoms with Crippen molar-refractivity contribution >= 4 is 21.6 Å². The number of aromatic nitrogens is 3. The van der Waals surface area contributed by atoms with Crippen LogP contribution >= 0.6 is 15.9 Å². The van der Waals surface area contributed by atoms with Crippen molar-refractivity contribution in [1.82, 2.24) is 14.6 Å². The lowest BCUT2D eigenvalue weighted by Gasteiger charge is -2.06. The van der Waals surface area contributed by atoms with Crippen molar-refractivity contribution in [3.8, 4) is 0 Å². The largest absolute Gasteiger partial charge is 0.377 e. The Balaban J connectivity index is 2.54. The molecule has 0 aliphatic carbocycles. The predicted molar refractivity (Wildman–Crippen MR) is 65.5 cm³/mol. The summed E-state index contributed by atoms with van der Waals surface area (Å²) in [4.78, 5) is 4.40. The summed E-state index contributed by atoms with van der Waals surface area (Å²) in [5.74, 6) is 1.17. The van der Waals surface area contributed by atoms with E-state index in [1.807, 2.05) is 0 Å². The normalized spacial score (nSPS) is 11.6. The van der Waals surface area contributed by atoms with E-state index in [2.05, 4.69) is 52.0 Å². The molecule has 2 rings (SSSR count). The molecule has 0 N–H and O–H groups in total. The van der Waals surface area contributed by atoms with E-state index in [1.54, 1.807) is 11.6 Å². The molecule has 16 heavy (non-hydrogen) atoms. The molecule has 0 aromatic carbocycles. The van der Waals surface area contributed by atoms with Gasteiger partial charge in [-0.05, 0) is 39.5 Å². The molecule has 2 heterocycles. The van der Waals surface area contributed by atoms with Gasteiger partial charge in [-0.15, -0.1) is 5.10 Å². The number of ether oxygens (including phenoxy) is 1. The van der Waals surface area contributed by atoms with E-state index in [-0.39, 0.29) is 0 Å². The maximum atomic E-state index is 5.02. The van der Waals surface area contributed by atoms with Crippen molar-refractivity contribution < 1.29 is 4.74 Å². The molecule has 0 saturated carbocycles. The number of fused-ring (bicyclic) bond motifs is 1. The van der Waals surface area contributed by atoms with Gasteiger partial charge in [0.2, 0.25) is 0 Å². The Morgan fingerprint density at radius 3 is 2.81 bits per heavy atom. The Morgan fingerprint density at radius 1 is 1.44 bits per heavy atom. The molecule has 0 bridgehead atoms. The minimum Gasteiger partial charge on any atom is -0.377 e. The highest BCUT2D eigenvalue weighted by atomic mass is 79.9. The number of methoxy groups -OCH3 is 1. The van der Waals surface area contributed by atoms with Gasteiger partial charge in [-0.1, -0.05) is 13.8 Å². The smallest absolute Gasteiger partial charge is 0.177 e. The molecule has 0 fully saturated rings. The Hall–Kier alpha value is -0.940. The first-order valence-corrected chi connectivity index (χ1v) is 5.95. The fourth-order valence-corrected chi connectivity index (χ4v) is 2.06. The van der Waals surface area contributed by atoms with Crippen LogP contribution in [0.4, 0.5) is 0 Å². The van der Waals surface area contributed by atoms with E-state index in [0.29, 0.717) is 18.3 Å². The zero-order valence-corrected chi connectivity index (χ0v) is 11.2. The van der Waals surface area contributed by atoms with Crippen molar-refractivity contribution in [2.24, 2.45) is 0 Å². The summed E-state index contributed by atoms with van der Waals surface area (Å²) in [6.45, 7) is 4.75. The summed E-state index contributed by atoms with van der Waals surface area (Å²) in [5.41, 5.74) is 2.10. The highest BCUT2D eigenvalue weighted by Gasteiger charge is 2.09. The number of pyridine rings is 1. The molecule has 0 unspecified atom stereocenters. The lowest BCUT2D eigenvalue weighted by Crippen LogP contribution is -1.95. The van der Waals surface area contributed by atoms with Crippen LogP contribution in [0.3, 0.4) is 0 Å². The van der Waals surface area contributed by atoms with Crippen molar-refractivity contribution in [2.45, 2.75) is 26.4 Å². The third kappa shape index (κ3) is 2.10. The minimum atomic E-state index is 0.436. The van der Waals surface area contributed by atoms with Crippen LogP contribution in [0.25, 0.3) is 5.65 Å². The quantitative estimate of drug-likeness (QED) is 0.814. The molecule has 4 nitrogen and oxygen atoms in total. The Bertz CT molecular complexity index is 507. The summed E-state index contributed by atoms with van der Waals surface area (Å²) in [6, 6.07) is 4.13. The van der Waals surface area contributed by atoms with Gasteiger partial charge in [0.05, 0.1) is 0 Å². The molecule has 0 saturated heterocycles. The van der Waals surface area contributed by atoms with Crippen LogP contribution in [-0.4, -0.2) is 21.7 Å². The SMILES string of the molecule is COCc1nc2cc(C(C)C)cc(Br)n2n1. The van der Waals surface area contributed by atoms with Gasteiger partial charge in [-0.25, -0.2) is 9.50 Å². The van der Waals surface area contributed by atoms with Crippen LogP contribution in [0.15, 0.2) is 16.7 Å². The molecule has 86 valence electrons. The van der Waals surface area contributed by atoms with Crippen LogP contribution in [0, 0.1) is 0 Å². The fourth-order valence-electron chi connectivity index (χ4n) is 1.53. The van der Waals surface area contributed by atoms with Gasteiger partial charge < -0.3 is 4.74 Å². The molecule has 0 radical (unpaired) electrons. The van der Waals surface area contributed by atoms with Crippen LogP contribution in [-0.2, 0) is 11.3 Å². The first-order valence-electron chi connectivity index (χ1n) is 5.16. The molecule has 2 aromatic rings. The molecule has 0 aliphatic heterocycles. The predicted octanol–water partition coefficient (Wildman–Crippen LogP) is 2.76. The summed E-state index contributed by atoms with van der Waals surface area (Å²) < 4.78 is 7.72. The van der Waals surface area contributed by atoms with Crippen LogP contribution in [0.1, 0.15) is 31.2 Å². The molecular formula is C11H14BrN3O. The minimum absolute atomic E-state index is 0.436. The van der Waals surface area contributed by atoms with Gasteiger partial charge in [-0.2, -0.15) is 0 Å². The van der Waals surface area contributed by atoms with Gasteiger partial charge in [-0.3, -0.25) is 0 Å². The molecule has 0 spiro atoms. The van der Waals surface area contributed by atoms with Gasteiger partial charge in [0.15, 0.2) is 11.5 Å². The third-order valence-electron chi connectivity index (χ3n) is 2.40. The second kappa shape index (κ2) is 4.51. The van der Waals surface area contributed by atoms with Crippen molar-refractivity contribution in [1.29, 1.82) is 0 Å². The fraction of sp³-hybridized carbons (Fsp3) is 0.455.